The van der Waals surface area contributed by atoms with Gasteiger partial charge < -0.3 is 0 Å². The van der Waals surface area contributed by atoms with Gasteiger partial charge in [0.25, 0.3) is 0 Å². The van der Waals surface area contributed by atoms with Crippen molar-refractivity contribution in [2.75, 3.05) is 19.8 Å². The predicted octanol–water partition coefficient (Wildman–Crippen LogP) is -0.143. The monoisotopic (exact) mass is 179 g/mol. The first-order valence-corrected chi connectivity index (χ1v) is 4.87. The Balaban J connectivity index is 4.05. The number of hydrogen-bond acceptors (Lipinski definition) is 3. The molecule has 11 heavy (non-hydrogen) atoms. The number of carbonyl (C=O) groups excluding carboxylic acids is 1. The van der Waals surface area contributed by atoms with Crippen LogP contribution in [0.4, 0.5) is 0 Å². The van der Waals surface area contributed by atoms with E-state index in [1.54, 1.807) is 0 Å². The maximum Gasteiger partial charge on any atom is 0.214 e. The number of nitrogens with zero attached hydrogens (tertiary/aromatic N) is 1. The van der Waals surface area contributed by atoms with E-state index in [4.69, 9.17) is 0 Å². The maximum atomic E-state index is 11.0. The van der Waals surface area contributed by atoms with Gasteiger partial charge in [-0.2, -0.15) is 0 Å². The van der Waals surface area contributed by atoms with Crippen LogP contribution in [0.2, 0.25) is 0 Å². The number of rotatable bonds is 4. The van der Waals surface area contributed by atoms with Gasteiger partial charge in [-0.3, -0.25) is 4.79 Å². The highest BCUT2D eigenvalue weighted by atomic mass is 32.2. The third-order valence-electron chi connectivity index (χ3n) is 1.27. The van der Waals surface area contributed by atoms with Crippen molar-refractivity contribution in [2.45, 2.75) is 13.3 Å². The molecule has 66 valence electrons. The minimum Gasteiger partial charge on any atom is -0.300 e. The molecule has 0 aromatic heterocycles. The maximum absolute atomic E-state index is 11.0. The van der Waals surface area contributed by atoms with E-state index in [-0.39, 0.29) is 18.0 Å². The molecule has 0 fully saturated rings. The molecule has 0 rings (SSSR count). The Hall–Kier alpha value is -0.420. The lowest BCUT2D eigenvalue weighted by molar-refractivity contribution is -0.116. The van der Waals surface area contributed by atoms with Crippen LogP contribution in [0.25, 0.3) is 0 Å². The molecule has 0 unspecified atom stereocenters. The van der Waals surface area contributed by atoms with Crippen molar-refractivity contribution >= 4 is 15.8 Å². The van der Waals surface area contributed by atoms with E-state index >= 15 is 0 Å². The molecule has 0 atom stereocenters. The van der Waals surface area contributed by atoms with Gasteiger partial charge in [0.05, 0.1) is 5.75 Å². The van der Waals surface area contributed by atoms with Crippen LogP contribution in [0, 0.1) is 0 Å². The fourth-order valence-electron chi connectivity index (χ4n) is 0.455. The molecule has 0 aromatic rings. The van der Waals surface area contributed by atoms with Crippen molar-refractivity contribution < 1.29 is 13.2 Å². The molecule has 0 saturated carbocycles. The summed E-state index contributed by atoms with van der Waals surface area (Å²) in [5.74, 6) is -0.189. The van der Waals surface area contributed by atoms with Crippen LogP contribution < -0.4 is 0 Å². The fraction of sp³-hybridized carbons (Fsp3) is 0.833. The van der Waals surface area contributed by atoms with Crippen LogP contribution in [0.5, 0.6) is 0 Å². The van der Waals surface area contributed by atoms with E-state index in [9.17, 15) is 13.2 Å². The molecule has 0 aliphatic heterocycles. The van der Waals surface area contributed by atoms with Gasteiger partial charge in [0.15, 0.2) is 0 Å². The minimum atomic E-state index is -3.18. The number of carbonyl (C=O) groups is 1. The third kappa shape index (κ3) is 4.10. The van der Waals surface area contributed by atoms with Crippen molar-refractivity contribution in [1.29, 1.82) is 0 Å². The van der Waals surface area contributed by atoms with E-state index < -0.39 is 10.0 Å². The lowest BCUT2D eigenvalue weighted by Gasteiger charge is -2.09. The smallest absolute Gasteiger partial charge is 0.214 e. The normalized spacial score (nSPS) is 12.0. The zero-order valence-electron chi connectivity index (χ0n) is 6.99. The molecular weight excluding hydrogens is 166 g/mol. The van der Waals surface area contributed by atoms with E-state index in [2.05, 4.69) is 0 Å². The average molecular weight is 179 g/mol. The van der Waals surface area contributed by atoms with Gasteiger partial charge in [0, 0.05) is 20.5 Å². The van der Waals surface area contributed by atoms with Crippen LogP contribution in [0.3, 0.4) is 0 Å². The highest BCUT2D eigenvalue weighted by Crippen LogP contribution is 1.96. The Labute approximate surface area is 67.2 Å². The van der Waals surface area contributed by atoms with Crippen molar-refractivity contribution in [3.63, 3.8) is 0 Å². The summed E-state index contributed by atoms with van der Waals surface area (Å²) in [7, 11) is -0.273. The summed E-state index contributed by atoms with van der Waals surface area (Å²) in [6, 6.07) is 0. The van der Waals surface area contributed by atoms with Crippen LogP contribution >= 0.6 is 0 Å². The van der Waals surface area contributed by atoms with Crippen molar-refractivity contribution in [3.8, 4) is 0 Å². The van der Waals surface area contributed by atoms with Crippen LogP contribution in [-0.2, 0) is 14.8 Å². The molecule has 0 bridgehead atoms. The van der Waals surface area contributed by atoms with E-state index in [0.29, 0.717) is 0 Å². The van der Waals surface area contributed by atoms with Crippen LogP contribution in [-0.4, -0.2) is 38.4 Å². The topological polar surface area (TPSA) is 54.5 Å². The molecule has 0 radical (unpaired) electrons. The summed E-state index contributed by atoms with van der Waals surface area (Å²) in [6.45, 7) is 1.38. The predicted molar refractivity (Wildman–Crippen MR) is 42.8 cm³/mol. The molecule has 0 aliphatic carbocycles. The molecule has 4 nitrogen and oxygen atoms in total. The summed E-state index contributed by atoms with van der Waals surface area (Å²) < 4.78 is 23.1. The summed E-state index contributed by atoms with van der Waals surface area (Å²) >= 11 is 0. The number of Topliss-reactive ketones (excluding diaryl/α,β-unsaturated/α-hetero) is 1. The van der Waals surface area contributed by atoms with E-state index in [0.717, 1.165) is 4.31 Å². The molecule has 0 amide bonds. The first-order valence-electron chi connectivity index (χ1n) is 3.26. The number of hydrogen-bond donors (Lipinski definition) is 0. The van der Waals surface area contributed by atoms with E-state index in [1.165, 1.54) is 21.0 Å². The van der Waals surface area contributed by atoms with Gasteiger partial charge in [-0.05, 0) is 6.92 Å². The van der Waals surface area contributed by atoms with Gasteiger partial charge in [0.2, 0.25) is 10.0 Å². The Morgan fingerprint density at radius 1 is 1.36 bits per heavy atom. The molecule has 0 aliphatic rings. The zero-order valence-corrected chi connectivity index (χ0v) is 7.81. The quantitative estimate of drug-likeness (QED) is 0.603. The fourth-order valence-corrected chi connectivity index (χ4v) is 1.37. The second-order valence-corrected chi connectivity index (χ2v) is 4.85. The summed E-state index contributed by atoms with van der Waals surface area (Å²) in [4.78, 5) is 10.4. The molecule has 0 saturated heterocycles. The lowest BCUT2D eigenvalue weighted by atomic mass is 10.4. The lowest BCUT2D eigenvalue weighted by Crippen LogP contribution is -2.25. The Bertz CT molecular complexity index is 230. The van der Waals surface area contributed by atoms with E-state index in [1.807, 2.05) is 0 Å². The Morgan fingerprint density at radius 2 is 1.82 bits per heavy atom. The molecule has 0 heterocycles. The van der Waals surface area contributed by atoms with Crippen LogP contribution in [0.1, 0.15) is 13.3 Å². The zero-order chi connectivity index (χ0) is 9.07. The largest absolute Gasteiger partial charge is 0.300 e. The summed E-state index contributed by atoms with van der Waals surface area (Å²) in [6.07, 6.45) is 0.0977. The summed E-state index contributed by atoms with van der Waals surface area (Å²) in [5, 5.41) is 0. The highest BCUT2D eigenvalue weighted by molar-refractivity contribution is 7.89. The van der Waals surface area contributed by atoms with Gasteiger partial charge in [-0.15, -0.1) is 0 Å². The highest BCUT2D eigenvalue weighted by Gasteiger charge is 2.13. The third-order valence-corrected chi connectivity index (χ3v) is 3.10. The molecular formula is C6H13NO3S. The average Bonchev–Trinajstić information content (AvgIpc) is 1.84. The minimum absolute atomic E-state index is 0.0880. The second-order valence-electron chi connectivity index (χ2n) is 2.55. The Kier molecular flexibility index (Phi) is 3.68. The first kappa shape index (κ1) is 10.6. The van der Waals surface area contributed by atoms with Crippen molar-refractivity contribution in [1.82, 2.24) is 4.31 Å². The van der Waals surface area contributed by atoms with Crippen molar-refractivity contribution in [2.24, 2.45) is 0 Å². The summed E-state index contributed by atoms with van der Waals surface area (Å²) in [5.41, 5.74) is 0. The van der Waals surface area contributed by atoms with Crippen molar-refractivity contribution in [3.05, 3.63) is 0 Å². The SMILES string of the molecule is CC(=O)CCS(=O)(=O)N(C)C. The van der Waals surface area contributed by atoms with Gasteiger partial charge in [-0.25, -0.2) is 12.7 Å². The first-order chi connectivity index (χ1) is 4.86. The number of sulfonamides is 1. The standard InChI is InChI=1S/C6H13NO3S/c1-6(8)4-5-11(9,10)7(2)3/h4-5H2,1-3H3. The van der Waals surface area contributed by atoms with Gasteiger partial charge >= 0.3 is 0 Å². The second kappa shape index (κ2) is 3.82. The molecule has 0 N–H and O–H groups in total. The van der Waals surface area contributed by atoms with Gasteiger partial charge in [0.1, 0.15) is 5.78 Å². The molecule has 0 spiro atoms. The van der Waals surface area contributed by atoms with Crippen LogP contribution in [0.15, 0.2) is 0 Å². The molecule has 0 aromatic carbocycles. The Morgan fingerprint density at radius 3 is 2.09 bits per heavy atom. The van der Waals surface area contributed by atoms with Gasteiger partial charge in [-0.1, -0.05) is 0 Å². The molecule has 5 heteroatoms. The number of ketones is 1.